The zero-order chi connectivity index (χ0) is 16.0. The molecule has 0 fully saturated rings. The Hall–Kier alpha value is -1.62. The minimum absolute atomic E-state index is 0.111. The number of rotatable bonds is 6. The third-order valence-corrected chi connectivity index (χ3v) is 3.96. The van der Waals surface area contributed by atoms with E-state index in [4.69, 9.17) is 5.11 Å². The molecule has 0 saturated heterocycles. The fourth-order valence-electron chi connectivity index (χ4n) is 1.84. The number of benzene rings is 1. The van der Waals surface area contributed by atoms with E-state index in [1.807, 2.05) is 39.0 Å². The summed E-state index contributed by atoms with van der Waals surface area (Å²) in [6.07, 6.45) is 3.83. The Morgan fingerprint density at radius 1 is 1.43 bits per heavy atom. The van der Waals surface area contributed by atoms with Crippen LogP contribution in [0.5, 0.6) is 0 Å². The molecule has 114 valence electrons. The first-order chi connectivity index (χ1) is 9.85. The third kappa shape index (κ3) is 5.34. The number of amides is 1. The molecule has 1 atom stereocenters. The smallest absolute Gasteiger partial charge is 0.323 e. The first kappa shape index (κ1) is 17.4. The molecule has 0 aromatic heterocycles. The summed E-state index contributed by atoms with van der Waals surface area (Å²) in [5.74, 6) is -1.30. The van der Waals surface area contributed by atoms with Crippen molar-refractivity contribution in [1.29, 1.82) is 0 Å². The Kier molecular flexibility index (Phi) is 6.62. The van der Waals surface area contributed by atoms with Crippen LogP contribution in [-0.4, -0.2) is 34.5 Å². The van der Waals surface area contributed by atoms with Crippen molar-refractivity contribution in [1.82, 2.24) is 4.90 Å². The number of halogens is 1. The lowest BCUT2D eigenvalue weighted by molar-refractivity contribution is -0.144. The van der Waals surface area contributed by atoms with Crippen LogP contribution in [0, 0.1) is 6.92 Å². The number of aliphatic carboxylic acids is 1. The van der Waals surface area contributed by atoms with Crippen LogP contribution in [-0.2, 0) is 9.59 Å². The summed E-state index contributed by atoms with van der Waals surface area (Å²) in [6, 6.07) is 5.72. The number of nitrogens with zero attached hydrogens (tertiary/aromatic N) is 1. The summed E-state index contributed by atoms with van der Waals surface area (Å²) in [5.41, 5.74) is 2.01. The van der Waals surface area contributed by atoms with Gasteiger partial charge in [-0.05, 0) is 43.5 Å². The largest absolute Gasteiger partial charge is 0.480 e. The van der Waals surface area contributed by atoms with Gasteiger partial charge < -0.3 is 10.0 Å². The molecule has 5 heteroatoms. The van der Waals surface area contributed by atoms with Crippen LogP contribution in [0.2, 0.25) is 0 Å². The van der Waals surface area contributed by atoms with Crippen LogP contribution in [0.4, 0.5) is 0 Å². The quantitative estimate of drug-likeness (QED) is 0.796. The Morgan fingerprint density at radius 2 is 2.10 bits per heavy atom. The van der Waals surface area contributed by atoms with Gasteiger partial charge in [0, 0.05) is 16.6 Å². The van der Waals surface area contributed by atoms with Crippen LogP contribution in [0.3, 0.4) is 0 Å². The number of carbonyl (C=O) groups excluding carboxylic acids is 1. The van der Waals surface area contributed by atoms with Crippen molar-refractivity contribution < 1.29 is 14.7 Å². The highest BCUT2D eigenvalue weighted by atomic mass is 79.9. The van der Waals surface area contributed by atoms with Crippen LogP contribution >= 0.6 is 15.9 Å². The van der Waals surface area contributed by atoms with Gasteiger partial charge in [-0.15, -0.1) is 0 Å². The van der Waals surface area contributed by atoms with E-state index in [1.54, 1.807) is 6.08 Å². The Balaban J connectivity index is 2.89. The molecule has 0 spiro atoms. The van der Waals surface area contributed by atoms with Gasteiger partial charge >= 0.3 is 5.97 Å². The SMILES string of the molecule is CCC(C)N(CC(=O)O)C(=O)/C=C/c1ccc(C)cc1Br. The first-order valence-corrected chi connectivity index (χ1v) is 7.61. The number of aryl methyl sites for hydroxylation is 1. The Labute approximate surface area is 133 Å². The van der Waals surface area contributed by atoms with E-state index in [-0.39, 0.29) is 18.5 Å². The molecular weight excluding hydrogens is 334 g/mol. The van der Waals surface area contributed by atoms with Gasteiger partial charge in [-0.2, -0.15) is 0 Å². The second-order valence-corrected chi connectivity index (χ2v) is 5.83. The standard InChI is InChI=1S/C16H20BrNO3/c1-4-12(3)18(10-16(20)21)15(19)8-7-13-6-5-11(2)9-14(13)17/h5-9,12H,4,10H2,1-3H3,(H,20,21)/b8-7+. The Bertz CT molecular complexity index is 554. The highest BCUT2D eigenvalue weighted by Gasteiger charge is 2.19. The van der Waals surface area contributed by atoms with E-state index in [2.05, 4.69) is 15.9 Å². The van der Waals surface area contributed by atoms with E-state index in [9.17, 15) is 9.59 Å². The zero-order valence-electron chi connectivity index (χ0n) is 12.5. The van der Waals surface area contributed by atoms with Gasteiger partial charge in [0.25, 0.3) is 0 Å². The maximum absolute atomic E-state index is 12.2. The zero-order valence-corrected chi connectivity index (χ0v) is 14.1. The maximum atomic E-state index is 12.2. The molecule has 4 nitrogen and oxygen atoms in total. The van der Waals surface area contributed by atoms with Crippen LogP contribution in [0.1, 0.15) is 31.4 Å². The van der Waals surface area contributed by atoms with Crippen LogP contribution < -0.4 is 0 Å². The third-order valence-electron chi connectivity index (χ3n) is 3.27. The van der Waals surface area contributed by atoms with E-state index in [0.717, 1.165) is 15.6 Å². The predicted octanol–water partition coefficient (Wildman–Crippen LogP) is 3.48. The molecule has 0 aliphatic rings. The summed E-state index contributed by atoms with van der Waals surface area (Å²) in [7, 11) is 0. The van der Waals surface area contributed by atoms with Crippen molar-refractivity contribution in [3.05, 3.63) is 39.9 Å². The molecule has 0 aliphatic carbocycles. The minimum Gasteiger partial charge on any atom is -0.480 e. The van der Waals surface area contributed by atoms with Crippen molar-refractivity contribution in [3.63, 3.8) is 0 Å². The fourth-order valence-corrected chi connectivity index (χ4v) is 2.47. The summed E-state index contributed by atoms with van der Waals surface area (Å²) in [4.78, 5) is 24.4. The molecule has 1 N–H and O–H groups in total. The molecule has 1 rings (SSSR count). The van der Waals surface area contributed by atoms with Gasteiger partial charge in [0.2, 0.25) is 5.91 Å². The maximum Gasteiger partial charge on any atom is 0.323 e. The van der Waals surface area contributed by atoms with Gasteiger partial charge in [0.1, 0.15) is 6.54 Å². The Morgan fingerprint density at radius 3 is 2.62 bits per heavy atom. The van der Waals surface area contributed by atoms with E-state index in [1.165, 1.54) is 11.0 Å². The summed E-state index contributed by atoms with van der Waals surface area (Å²) in [6.45, 7) is 5.47. The monoisotopic (exact) mass is 353 g/mol. The number of carboxylic acids is 1. The van der Waals surface area contributed by atoms with Gasteiger partial charge in [0.05, 0.1) is 0 Å². The van der Waals surface area contributed by atoms with Crippen LogP contribution in [0.15, 0.2) is 28.7 Å². The molecule has 0 bridgehead atoms. The molecule has 1 amide bonds. The molecule has 0 radical (unpaired) electrons. The first-order valence-electron chi connectivity index (χ1n) is 6.81. The molecule has 1 aromatic carbocycles. The average Bonchev–Trinajstić information content (AvgIpc) is 2.42. The van der Waals surface area contributed by atoms with Gasteiger partial charge in [-0.3, -0.25) is 9.59 Å². The number of hydrogen-bond acceptors (Lipinski definition) is 2. The van der Waals surface area contributed by atoms with Gasteiger partial charge in [-0.25, -0.2) is 0 Å². The lowest BCUT2D eigenvalue weighted by atomic mass is 10.1. The van der Waals surface area contributed by atoms with Crippen molar-refractivity contribution in [2.24, 2.45) is 0 Å². The van der Waals surface area contributed by atoms with Crippen molar-refractivity contribution >= 4 is 33.9 Å². The molecule has 0 saturated carbocycles. The van der Waals surface area contributed by atoms with Crippen molar-refractivity contribution in [3.8, 4) is 0 Å². The van der Waals surface area contributed by atoms with Gasteiger partial charge in [0.15, 0.2) is 0 Å². The molecule has 1 aromatic rings. The second-order valence-electron chi connectivity index (χ2n) is 4.98. The summed E-state index contributed by atoms with van der Waals surface area (Å²) in [5, 5.41) is 8.91. The topological polar surface area (TPSA) is 57.6 Å². The highest BCUT2D eigenvalue weighted by Crippen LogP contribution is 2.19. The summed E-state index contributed by atoms with van der Waals surface area (Å²) < 4.78 is 0.903. The van der Waals surface area contributed by atoms with E-state index < -0.39 is 5.97 Å². The molecule has 1 unspecified atom stereocenters. The summed E-state index contributed by atoms with van der Waals surface area (Å²) >= 11 is 3.45. The molecule has 21 heavy (non-hydrogen) atoms. The predicted molar refractivity (Wildman–Crippen MR) is 87.0 cm³/mol. The minimum atomic E-state index is -1.01. The van der Waals surface area contributed by atoms with E-state index >= 15 is 0 Å². The molecule has 0 aliphatic heterocycles. The normalized spacial score (nSPS) is 12.4. The highest BCUT2D eigenvalue weighted by molar-refractivity contribution is 9.10. The average molecular weight is 354 g/mol. The van der Waals surface area contributed by atoms with E-state index in [0.29, 0.717) is 6.42 Å². The number of hydrogen-bond donors (Lipinski definition) is 1. The van der Waals surface area contributed by atoms with Crippen molar-refractivity contribution in [2.75, 3.05) is 6.54 Å². The molecular formula is C16H20BrNO3. The number of carbonyl (C=O) groups is 2. The lowest BCUT2D eigenvalue weighted by Gasteiger charge is -2.25. The number of carboxylic acid groups (broad SMARTS) is 1. The van der Waals surface area contributed by atoms with Crippen molar-refractivity contribution in [2.45, 2.75) is 33.2 Å². The second kappa shape index (κ2) is 7.98. The fraction of sp³-hybridized carbons (Fsp3) is 0.375. The van der Waals surface area contributed by atoms with Crippen LogP contribution in [0.25, 0.3) is 6.08 Å². The molecule has 0 heterocycles. The van der Waals surface area contributed by atoms with Gasteiger partial charge in [-0.1, -0.05) is 35.0 Å². The lowest BCUT2D eigenvalue weighted by Crippen LogP contribution is -2.40.